The molecule has 1 heterocycles. The van der Waals surface area contributed by atoms with Crippen molar-refractivity contribution in [3.05, 3.63) is 75.1 Å². The Morgan fingerprint density at radius 3 is 2.81 bits per heavy atom. The zero-order chi connectivity index (χ0) is 19.2. The summed E-state index contributed by atoms with van der Waals surface area (Å²) in [6.07, 6.45) is 2.97. The minimum Gasteiger partial charge on any atom is -0.490 e. The first-order valence-electron chi connectivity index (χ1n) is 7.71. The molecule has 0 unspecified atom stereocenters. The Kier molecular flexibility index (Phi) is 6.05. The fourth-order valence-corrected chi connectivity index (χ4v) is 3.13. The predicted octanol–water partition coefficient (Wildman–Crippen LogP) is 4.02. The second-order valence-corrected chi connectivity index (χ2v) is 6.69. The average molecular weight is 404 g/mol. The summed E-state index contributed by atoms with van der Waals surface area (Å²) in [6, 6.07) is 12.1. The van der Waals surface area contributed by atoms with Crippen LogP contribution in [0, 0.1) is 10.1 Å². The summed E-state index contributed by atoms with van der Waals surface area (Å²) < 4.78 is 6.50. The van der Waals surface area contributed by atoms with Crippen LogP contribution in [0.1, 0.15) is 11.1 Å². The summed E-state index contributed by atoms with van der Waals surface area (Å²) >= 11 is 7.35. The van der Waals surface area contributed by atoms with E-state index in [1.807, 2.05) is 24.3 Å². The van der Waals surface area contributed by atoms with Gasteiger partial charge in [-0.05, 0) is 29.8 Å². The van der Waals surface area contributed by atoms with Crippen LogP contribution in [0.3, 0.4) is 0 Å². The standard InChI is InChI=1S/C17H14ClN5O3S/c1-26-16-7-4-13(8-15(16)23(24)25)9-20-22-11-19-21-17(22)27-10-12-2-5-14(18)6-3-12/h2-9,11H,10H2,1H3/b20-9+. The molecular weight excluding hydrogens is 390 g/mol. The summed E-state index contributed by atoms with van der Waals surface area (Å²) in [5.74, 6) is 0.875. The second kappa shape index (κ2) is 8.65. The van der Waals surface area contributed by atoms with Crippen LogP contribution in [0.15, 0.2) is 59.0 Å². The third-order valence-corrected chi connectivity index (χ3v) is 4.77. The Morgan fingerprint density at radius 2 is 2.11 bits per heavy atom. The van der Waals surface area contributed by atoms with Gasteiger partial charge in [-0.2, -0.15) is 9.78 Å². The molecule has 0 atom stereocenters. The maximum Gasteiger partial charge on any atom is 0.311 e. The molecule has 8 nitrogen and oxygen atoms in total. The second-order valence-electron chi connectivity index (χ2n) is 5.31. The van der Waals surface area contributed by atoms with E-state index in [0.717, 1.165) is 5.56 Å². The first kappa shape index (κ1) is 18.9. The molecule has 0 N–H and O–H groups in total. The number of hydrogen-bond donors (Lipinski definition) is 0. The van der Waals surface area contributed by atoms with E-state index in [1.54, 1.807) is 6.07 Å². The van der Waals surface area contributed by atoms with E-state index < -0.39 is 4.92 Å². The molecule has 2 aromatic carbocycles. The van der Waals surface area contributed by atoms with Gasteiger partial charge in [-0.15, -0.1) is 10.2 Å². The molecule has 0 aliphatic rings. The number of benzene rings is 2. The smallest absolute Gasteiger partial charge is 0.311 e. The van der Waals surface area contributed by atoms with Crippen LogP contribution >= 0.6 is 23.4 Å². The number of methoxy groups -OCH3 is 1. The number of nitro benzene ring substituents is 1. The average Bonchev–Trinajstić information content (AvgIpc) is 3.13. The SMILES string of the molecule is COc1ccc(/C=N/n2cnnc2SCc2ccc(Cl)cc2)cc1[N+](=O)[O-]. The van der Waals surface area contributed by atoms with Gasteiger partial charge in [0, 0.05) is 22.4 Å². The predicted molar refractivity (Wildman–Crippen MR) is 104 cm³/mol. The number of hydrogen-bond acceptors (Lipinski definition) is 7. The highest BCUT2D eigenvalue weighted by atomic mass is 35.5. The third-order valence-electron chi connectivity index (χ3n) is 3.51. The normalized spacial score (nSPS) is 11.0. The molecule has 3 rings (SSSR count). The molecule has 10 heteroatoms. The van der Waals surface area contributed by atoms with Crippen LogP contribution in [0.5, 0.6) is 5.75 Å². The number of halogens is 1. The number of thioether (sulfide) groups is 1. The van der Waals surface area contributed by atoms with Gasteiger partial charge in [0.15, 0.2) is 5.75 Å². The van der Waals surface area contributed by atoms with Gasteiger partial charge in [0.1, 0.15) is 6.33 Å². The molecule has 0 saturated carbocycles. The van der Waals surface area contributed by atoms with E-state index in [1.165, 1.54) is 48.2 Å². The zero-order valence-electron chi connectivity index (χ0n) is 14.2. The van der Waals surface area contributed by atoms with Crippen molar-refractivity contribution in [1.82, 2.24) is 14.9 Å². The fraction of sp³-hybridized carbons (Fsp3) is 0.118. The maximum absolute atomic E-state index is 11.1. The molecule has 138 valence electrons. The quantitative estimate of drug-likeness (QED) is 0.256. The minimum absolute atomic E-state index is 0.123. The highest BCUT2D eigenvalue weighted by Gasteiger charge is 2.14. The van der Waals surface area contributed by atoms with Crippen molar-refractivity contribution < 1.29 is 9.66 Å². The first-order valence-corrected chi connectivity index (χ1v) is 9.07. The van der Waals surface area contributed by atoms with Gasteiger partial charge in [0.2, 0.25) is 5.16 Å². The number of nitrogens with zero attached hydrogens (tertiary/aromatic N) is 5. The van der Waals surface area contributed by atoms with Gasteiger partial charge in [0.05, 0.1) is 18.2 Å². The molecule has 0 saturated heterocycles. The zero-order valence-corrected chi connectivity index (χ0v) is 15.7. The lowest BCUT2D eigenvalue weighted by Crippen LogP contribution is -1.96. The molecule has 0 amide bonds. The van der Waals surface area contributed by atoms with Crippen molar-refractivity contribution in [2.45, 2.75) is 10.9 Å². The van der Waals surface area contributed by atoms with Crippen molar-refractivity contribution >= 4 is 35.3 Å². The van der Waals surface area contributed by atoms with Crippen LogP contribution in [0.25, 0.3) is 0 Å². The van der Waals surface area contributed by atoms with E-state index in [9.17, 15) is 10.1 Å². The molecule has 1 aromatic heterocycles. The Hall–Kier alpha value is -2.91. The van der Waals surface area contributed by atoms with E-state index in [2.05, 4.69) is 15.3 Å². The largest absolute Gasteiger partial charge is 0.490 e. The Labute approximate surface area is 164 Å². The van der Waals surface area contributed by atoms with Crippen molar-refractivity contribution in [1.29, 1.82) is 0 Å². The topological polar surface area (TPSA) is 95.4 Å². The van der Waals surface area contributed by atoms with E-state index in [4.69, 9.17) is 16.3 Å². The lowest BCUT2D eigenvalue weighted by molar-refractivity contribution is -0.385. The Morgan fingerprint density at radius 1 is 1.33 bits per heavy atom. The van der Waals surface area contributed by atoms with Gasteiger partial charge < -0.3 is 4.74 Å². The van der Waals surface area contributed by atoms with Crippen LogP contribution in [-0.4, -0.2) is 33.1 Å². The van der Waals surface area contributed by atoms with Crippen molar-refractivity contribution in [2.75, 3.05) is 7.11 Å². The van der Waals surface area contributed by atoms with Crippen LogP contribution < -0.4 is 4.74 Å². The summed E-state index contributed by atoms with van der Waals surface area (Å²) in [7, 11) is 1.39. The van der Waals surface area contributed by atoms with E-state index >= 15 is 0 Å². The van der Waals surface area contributed by atoms with Crippen LogP contribution in [0.2, 0.25) is 5.02 Å². The molecular formula is C17H14ClN5O3S. The Balaban J connectivity index is 1.73. The highest BCUT2D eigenvalue weighted by Crippen LogP contribution is 2.27. The van der Waals surface area contributed by atoms with Gasteiger partial charge >= 0.3 is 5.69 Å². The van der Waals surface area contributed by atoms with Gasteiger partial charge in [-0.1, -0.05) is 35.5 Å². The maximum atomic E-state index is 11.1. The molecule has 0 radical (unpaired) electrons. The van der Waals surface area contributed by atoms with E-state index in [0.29, 0.717) is 21.5 Å². The molecule has 0 bridgehead atoms. The van der Waals surface area contributed by atoms with Crippen LogP contribution in [0.4, 0.5) is 5.69 Å². The lowest BCUT2D eigenvalue weighted by Gasteiger charge is -2.03. The summed E-state index contributed by atoms with van der Waals surface area (Å²) in [4.78, 5) is 10.6. The minimum atomic E-state index is -0.498. The summed E-state index contributed by atoms with van der Waals surface area (Å²) in [6.45, 7) is 0. The summed E-state index contributed by atoms with van der Waals surface area (Å²) in [5, 5.41) is 24.6. The lowest BCUT2D eigenvalue weighted by atomic mass is 10.2. The molecule has 0 aliphatic carbocycles. The molecule has 0 fully saturated rings. The summed E-state index contributed by atoms with van der Waals surface area (Å²) in [5.41, 5.74) is 1.53. The van der Waals surface area contributed by atoms with Crippen molar-refractivity contribution in [3.8, 4) is 5.75 Å². The highest BCUT2D eigenvalue weighted by molar-refractivity contribution is 7.98. The number of ether oxygens (including phenoxy) is 1. The van der Waals surface area contributed by atoms with Gasteiger partial charge in [0.25, 0.3) is 0 Å². The third kappa shape index (κ3) is 4.83. The molecule has 0 spiro atoms. The van der Waals surface area contributed by atoms with Crippen LogP contribution in [-0.2, 0) is 5.75 Å². The number of rotatable bonds is 7. The van der Waals surface area contributed by atoms with Crippen molar-refractivity contribution in [3.63, 3.8) is 0 Å². The molecule has 0 aliphatic heterocycles. The molecule has 3 aromatic rings. The monoisotopic (exact) mass is 403 g/mol. The van der Waals surface area contributed by atoms with E-state index in [-0.39, 0.29) is 11.4 Å². The number of nitro groups is 1. The molecule has 27 heavy (non-hydrogen) atoms. The van der Waals surface area contributed by atoms with Gasteiger partial charge in [-0.25, -0.2) is 0 Å². The first-order chi connectivity index (χ1) is 13.1. The Bertz CT molecular complexity index is 975. The fourth-order valence-electron chi connectivity index (χ4n) is 2.18. The van der Waals surface area contributed by atoms with Gasteiger partial charge in [-0.3, -0.25) is 10.1 Å². The number of aromatic nitrogens is 3. The van der Waals surface area contributed by atoms with Crippen molar-refractivity contribution in [2.24, 2.45) is 5.10 Å².